The highest BCUT2D eigenvalue weighted by Gasteiger charge is 2.31. The molecule has 2 N–H and O–H groups in total. The maximum absolute atomic E-state index is 12.7. The minimum Gasteiger partial charge on any atom is -0.406 e. The Hall–Kier alpha value is -4.87. The van der Waals surface area contributed by atoms with Gasteiger partial charge in [-0.25, -0.2) is 14.5 Å². The Labute approximate surface area is 222 Å². The van der Waals surface area contributed by atoms with E-state index in [1.807, 2.05) is 23.1 Å². The van der Waals surface area contributed by atoms with Crippen LogP contribution >= 0.6 is 0 Å². The summed E-state index contributed by atoms with van der Waals surface area (Å²) in [7, 11) is 0. The van der Waals surface area contributed by atoms with Crippen molar-refractivity contribution >= 4 is 23.4 Å². The number of aliphatic imine (C=N–C) groups is 1. The number of aryl methyl sites for hydroxylation is 1. The number of hydrogen-bond acceptors (Lipinski definition) is 4. The Balaban J connectivity index is 1.24. The Morgan fingerprint density at radius 1 is 1.08 bits per heavy atom. The predicted octanol–water partition coefficient (Wildman–Crippen LogP) is 5.39. The number of hydrogen-bond donors (Lipinski definition) is 2. The first kappa shape index (κ1) is 25.8. The summed E-state index contributed by atoms with van der Waals surface area (Å²) in [5.74, 6) is 0.582. The van der Waals surface area contributed by atoms with E-state index < -0.39 is 12.4 Å². The van der Waals surface area contributed by atoms with E-state index in [4.69, 9.17) is 0 Å². The van der Waals surface area contributed by atoms with Crippen molar-refractivity contribution in [1.82, 2.24) is 20.1 Å². The van der Waals surface area contributed by atoms with Gasteiger partial charge in [-0.3, -0.25) is 0 Å². The van der Waals surface area contributed by atoms with E-state index in [1.165, 1.54) is 40.8 Å². The summed E-state index contributed by atoms with van der Waals surface area (Å²) >= 11 is 0. The van der Waals surface area contributed by atoms with Gasteiger partial charge in [-0.05, 0) is 66.6 Å². The number of nitrogens with zero attached hydrogens (tertiary/aromatic N) is 5. The zero-order valence-corrected chi connectivity index (χ0v) is 20.8. The number of alkyl halides is 3. The van der Waals surface area contributed by atoms with Gasteiger partial charge in [0.05, 0.1) is 5.69 Å². The zero-order chi connectivity index (χ0) is 27.4. The molecule has 1 saturated heterocycles. The molecule has 200 valence electrons. The molecule has 39 heavy (non-hydrogen) atoms. The van der Waals surface area contributed by atoms with Gasteiger partial charge in [-0.15, -0.1) is 18.3 Å². The summed E-state index contributed by atoms with van der Waals surface area (Å²) in [5, 5.41) is 10.3. The summed E-state index contributed by atoms with van der Waals surface area (Å²) < 4.78 is 42.4. The fraction of sp³-hybridized carbons (Fsp3) is 0.185. The molecule has 1 fully saturated rings. The Kier molecular flexibility index (Phi) is 7.17. The van der Waals surface area contributed by atoms with Crippen LogP contribution in [0.25, 0.3) is 17.1 Å². The van der Waals surface area contributed by atoms with Crippen molar-refractivity contribution in [2.75, 3.05) is 23.3 Å². The first-order valence-electron chi connectivity index (χ1n) is 12.2. The van der Waals surface area contributed by atoms with Gasteiger partial charge in [0.1, 0.15) is 12.1 Å². The van der Waals surface area contributed by atoms with E-state index >= 15 is 0 Å². The molecular formula is C27H24F3N7O2. The van der Waals surface area contributed by atoms with E-state index in [-0.39, 0.29) is 5.75 Å². The van der Waals surface area contributed by atoms with Crippen molar-refractivity contribution in [3.63, 3.8) is 0 Å². The third-order valence-corrected chi connectivity index (χ3v) is 5.97. The number of benzene rings is 3. The average Bonchev–Trinajstić information content (AvgIpc) is 3.59. The smallest absolute Gasteiger partial charge is 0.406 e. The highest BCUT2D eigenvalue weighted by atomic mass is 19.4. The summed E-state index contributed by atoms with van der Waals surface area (Å²) in [4.78, 5) is 23.2. The van der Waals surface area contributed by atoms with Crippen molar-refractivity contribution in [2.45, 2.75) is 19.7 Å². The van der Waals surface area contributed by atoms with Crippen LogP contribution in [0.15, 0.2) is 84.1 Å². The Morgan fingerprint density at radius 3 is 2.54 bits per heavy atom. The monoisotopic (exact) mass is 535 g/mol. The fourth-order valence-corrected chi connectivity index (χ4v) is 4.16. The SMILES string of the molecule is CCc1ccccc1N1CCN/C1=N\C(=O)Nc1ccc(-c2ncn(-c3ccc(OC(F)(F)F)cc3)n2)cc1. The topological polar surface area (TPSA) is 96.7 Å². The molecule has 1 aromatic heterocycles. The lowest BCUT2D eigenvalue weighted by Gasteiger charge is -2.20. The van der Waals surface area contributed by atoms with Crippen LogP contribution in [0.5, 0.6) is 5.75 Å². The summed E-state index contributed by atoms with van der Waals surface area (Å²) in [6.45, 7) is 3.48. The van der Waals surface area contributed by atoms with Gasteiger partial charge in [0.2, 0.25) is 5.96 Å². The van der Waals surface area contributed by atoms with Gasteiger partial charge in [0, 0.05) is 30.0 Å². The van der Waals surface area contributed by atoms with Crippen molar-refractivity contribution < 1.29 is 22.7 Å². The maximum Gasteiger partial charge on any atom is 0.573 e. The fourth-order valence-electron chi connectivity index (χ4n) is 4.16. The zero-order valence-electron chi connectivity index (χ0n) is 20.8. The number of urea groups is 1. The van der Waals surface area contributed by atoms with E-state index in [9.17, 15) is 18.0 Å². The van der Waals surface area contributed by atoms with Gasteiger partial charge in [-0.2, -0.15) is 4.99 Å². The van der Waals surface area contributed by atoms with E-state index in [0.29, 0.717) is 41.8 Å². The normalized spacial score (nSPS) is 14.4. The van der Waals surface area contributed by atoms with Crippen LogP contribution in [-0.2, 0) is 6.42 Å². The lowest BCUT2D eigenvalue weighted by Crippen LogP contribution is -2.32. The molecule has 5 rings (SSSR count). The largest absolute Gasteiger partial charge is 0.573 e. The second-order valence-electron chi connectivity index (χ2n) is 8.56. The number of amides is 2. The van der Waals surface area contributed by atoms with Gasteiger partial charge in [0.25, 0.3) is 0 Å². The van der Waals surface area contributed by atoms with Gasteiger partial charge in [-0.1, -0.05) is 25.1 Å². The number of carbonyl (C=O) groups is 1. The molecule has 3 aromatic carbocycles. The first-order valence-corrected chi connectivity index (χ1v) is 12.2. The molecule has 9 nitrogen and oxygen atoms in total. The first-order chi connectivity index (χ1) is 18.8. The van der Waals surface area contributed by atoms with Crippen LogP contribution < -0.4 is 20.3 Å². The maximum atomic E-state index is 12.7. The number of nitrogens with one attached hydrogen (secondary N) is 2. The van der Waals surface area contributed by atoms with Crippen molar-refractivity contribution in [3.05, 3.63) is 84.7 Å². The van der Waals surface area contributed by atoms with Gasteiger partial charge >= 0.3 is 12.4 Å². The van der Waals surface area contributed by atoms with E-state index in [0.717, 1.165) is 12.1 Å². The van der Waals surface area contributed by atoms with Crippen LogP contribution in [0.4, 0.5) is 29.3 Å². The molecular weight excluding hydrogens is 511 g/mol. The molecule has 0 aliphatic carbocycles. The molecule has 0 bridgehead atoms. The number of ether oxygens (including phenoxy) is 1. The van der Waals surface area contributed by atoms with Crippen molar-refractivity contribution in [3.8, 4) is 22.8 Å². The number of aromatic nitrogens is 3. The summed E-state index contributed by atoms with van der Waals surface area (Å²) in [5.41, 5.74) is 3.95. The second-order valence-corrected chi connectivity index (χ2v) is 8.56. The van der Waals surface area contributed by atoms with E-state index in [1.54, 1.807) is 24.3 Å². The number of carbonyl (C=O) groups excluding carboxylic acids is 1. The molecule has 2 heterocycles. The number of guanidine groups is 1. The van der Waals surface area contributed by atoms with Crippen molar-refractivity contribution in [1.29, 1.82) is 0 Å². The number of anilines is 2. The third kappa shape index (κ3) is 6.17. The summed E-state index contributed by atoms with van der Waals surface area (Å²) in [6.07, 6.45) is -2.43. The lowest BCUT2D eigenvalue weighted by molar-refractivity contribution is -0.274. The van der Waals surface area contributed by atoms with Gasteiger partial charge in [0.15, 0.2) is 5.82 Å². The molecule has 0 radical (unpaired) electrons. The third-order valence-electron chi connectivity index (χ3n) is 5.97. The second kappa shape index (κ2) is 10.9. The van der Waals surface area contributed by atoms with Gasteiger partial charge < -0.3 is 20.3 Å². The lowest BCUT2D eigenvalue weighted by atomic mass is 10.1. The van der Waals surface area contributed by atoms with Crippen molar-refractivity contribution in [2.24, 2.45) is 4.99 Å². The van der Waals surface area contributed by atoms with Crippen LogP contribution in [0.1, 0.15) is 12.5 Å². The highest BCUT2D eigenvalue weighted by molar-refractivity contribution is 6.07. The van der Waals surface area contributed by atoms with E-state index in [2.05, 4.69) is 43.4 Å². The number of para-hydroxylation sites is 1. The predicted molar refractivity (Wildman–Crippen MR) is 141 cm³/mol. The molecule has 0 unspecified atom stereocenters. The number of halogens is 3. The van der Waals surface area contributed by atoms with Crippen LogP contribution in [0.2, 0.25) is 0 Å². The van der Waals surface area contributed by atoms with Crippen LogP contribution in [0.3, 0.4) is 0 Å². The van der Waals surface area contributed by atoms with Crippen LogP contribution in [0, 0.1) is 0 Å². The molecule has 1 aliphatic heterocycles. The summed E-state index contributed by atoms with van der Waals surface area (Å²) in [6, 6.07) is 19.8. The molecule has 0 spiro atoms. The van der Waals surface area contributed by atoms with Crippen LogP contribution in [-0.4, -0.2) is 46.2 Å². The standard InChI is InChI=1S/C27H24F3N7O2/c1-2-18-5-3-4-6-23(18)36-16-15-31-25(36)34-26(38)33-20-9-7-19(8-10-20)24-32-17-37(35-24)21-11-13-22(14-12-21)39-27(28,29)30/h3-14,17H,2,15-16H2,1H3,(H2,31,33,34,38). The molecule has 1 aliphatic rings. The minimum absolute atomic E-state index is 0.323. The number of rotatable bonds is 6. The molecule has 2 amide bonds. The molecule has 0 atom stereocenters. The molecule has 12 heteroatoms. The quantitative estimate of drug-likeness (QED) is 0.344. The minimum atomic E-state index is -4.75. The molecule has 4 aromatic rings. The Bertz CT molecular complexity index is 1480. The highest BCUT2D eigenvalue weighted by Crippen LogP contribution is 2.25. The average molecular weight is 536 g/mol. The Morgan fingerprint density at radius 2 is 1.82 bits per heavy atom. The molecule has 0 saturated carbocycles.